The molecule has 3 fully saturated rings. The predicted octanol–water partition coefficient (Wildman–Crippen LogP) is 2.32. The Bertz CT molecular complexity index is 463. The van der Waals surface area contributed by atoms with E-state index < -0.39 is 0 Å². The van der Waals surface area contributed by atoms with Crippen LogP contribution in [-0.2, 0) is 4.74 Å². The van der Waals surface area contributed by atoms with E-state index in [1.165, 1.54) is 19.4 Å². The van der Waals surface area contributed by atoms with Gasteiger partial charge in [-0.15, -0.1) is 0 Å². The fraction of sp³-hybridized carbons (Fsp3) is 0.944. The van der Waals surface area contributed by atoms with Gasteiger partial charge in [0.2, 0.25) is 0 Å². The number of urea groups is 1. The lowest BCUT2D eigenvalue weighted by atomic mass is 9.55. The Balaban J connectivity index is 1.49. The van der Waals surface area contributed by atoms with Gasteiger partial charge >= 0.3 is 6.03 Å². The SMILES string of the molecule is CO[C@]1(C)C[C@H](N(C)C(=O)N[C@H]2CCN(CC3CC3)C2)C1(C)C. The van der Waals surface area contributed by atoms with Gasteiger partial charge in [-0.2, -0.15) is 0 Å². The minimum Gasteiger partial charge on any atom is -0.378 e. The van der Waals surface area contributed by atoms with Crippen LogP contribution >= 0.6 is 0 Å². The number of carbonyl (C=O) groups is 1. The predicted molar refractivity (Wildman–Crippen MR) is 91.5 cm³/mol. The third-order valence-corrected chi connectivity index (χ3v) is 6.83. The molecule has 0 unspecified atom stereocenters. The average molecular weight is 323 g/mol. The van der Waals surface area contributed by atoms with E-state index in [2.05, 4.69) is 31.0 Å². The van der Waals surface area contributed by atoms with Gasteiger partial charge in [0.25, 0.3) is 0 Å². The Morgan fingerprint density at radius 1 is 1.30 bits per heavy atom. The molecule has 2 aliphatic carbocycles. The molecule has 1 saturated heterocycles. The molecule has 0 aromatic carbocycles. The minimum atomic E-state index is -0.138. The summed E-state index contributed by atoms with van der Waals surface area (Å²) in [4.78, 5) is 17.0. The lowest BCUT2D eigenvalue weighted by molar-refractivity contribution is -0.198. The van der Waals surface area contributed by atoms with Crippen LogP contribution in [0.5, 0.6) is 0 Å². The van der Waals surface area contributed by atoms with Crippen molar-refractivity contribution in [3.05, 3.63) is 0 Å². The molecule has 0 aromatic rings. The van der Waals surface area contributed by atoms with Crippen molar-refractivity contribution >= 4 is 6.03 Å². The molecular formula is C18H33N3O2. The van der Waals surface area contributed by atoms with Crippen molar-refractivity contribution in [2.24, 2.45) is 11.3 Å². The van der Waals surface area contributed by atoms with Crippen LogP contribution in [0.25, 0.3) is 0 Å². The van der Waals surface area contributed by atoms with Gasteiger partial charge in [0.05, 0.1) is 5.60 Å². The summed E-state index contributed by atoms with van der Waals surface area (Å²) < 4.78 is 5.67. The first-order valence-corrected chi connectivity index (χ1v) is 9.07. The number of ether oxygens (including phenoxy) is 1. The van der Waals surface area contributed by atoms with Crippen molar-refractivity contribution in [1.82, 2.24) is 15.1 Å². The van der Waals surface area contributed by atoms with Crippen LogP contribution in [0, 0.1) is 11.3 Å². The van der Waals surface area contributed by atoms with Crippen molar-refractivity contribution in [2.75, 3.05) is 33.8 Å². The highest BCUT2D eigenvalue weighted by molar-refractivity contribution is 5.75. The second-order valence-corrected chi connectivity index (χ2v) is 8.63. The molecule has 3 rings (SSSR count). The van der Waals surface area contributed by atoms with Crippen LogP contribution < -0.4 is 5.32 Å². The van der Waals surface area contributed by atoms with E-state index in [4.69, 9.17) is 4.74 Å². The van der Waals surface area contributed by atoms with Gasteiger partial charge in [-0.25, -0.2) is 4.79 Å². The number of nitrogens with one attached hydrogen (secondary N) is 1. The highest BCUT2D eigenvalue weighted by atomic mass is 16.5. The first kappa shape index (κ1) is 17.0. The van der Waals surface area contributed by atoms with E-state index in [1.54, 1.807) is 7.11 Å². The number of nitrogens with zero attached hydrogens (tertiary/aromatic N) is 2. The van der Waals surface area contributed by atoms with Crippen molar-refractivity contribution in [2.45, 2.75) is 64.1 Å². The Labute approximate surface area is 140 Å². The third-order valence-electron chi connectivity index (χ3n) is 6.83. The maximum Gasteiger partial charge on any atom is 0.317 e. The molecule has 0 radical (unpaired) electrons. The van der Waals surface area contributed by atoms with Gasteiger partial charge in [0.1, 0.15) is 0 Å². The Morgan fingerprint density at radius 2 is 2.00 bits per heavy atom. The largest absolute Gasteiger partial charge is 0.378 e. The second-order valence-electron chi connectivity index (χ2n) is 8.63. The molecular weight excluding hydrogens is 290 g/mol. The van der Waals surface area contributed by atoms with Crippen molar-refractivity contribution < 1.29 is 9.53 Å². The fourth-order valence-corrected chi connectivity index (χ4v) is 4.28. The molecule has 1 N–H and O–H groups in total. The number of hydrogen-bond donors (Lipinski definition) is 1. The van der Waals surface area contributed by atoms with E-state index >= 15 is 0 Å². The molecule has 5 heteroatoms. The standard InChI is InChI=1S/C18H33N3O2/c1-17(2)15(10-18(17,3)23-5)20(4)16(22)19-14-8-9-21(12-14)11-13-6-7-13/h13-15H,6-12H2,1-5H3,(H,19,22)/t14-,15-,18+/m0/s1. The number of likely N-dealkylation sites (tertiary alicyclic amines) is 1. The van der Waals surface area contributed by atoms with Gasteiger partial charge in [-0.3, -0.25) is 0 Å². The van der Waals surface area contributed by atoms with Crippen LogP contribution in [0.4, 0.5) is 4.79 Å². The maximum absolute atomic E-state index is 12.6. The fourth-order valence-electron chi connectivity index (χ4n) is 4.28. The summed E-state index contributed by atoms with van der Waals surface area (Å²) in [6, 6.07) is 0.608. The topological polar surface area (TPSA) is 44.8 Å². The molecule has 0 spiro atoms. The van der Waals surface area contributed by atoms with E-state index in [9.17, 15) is 4.79 Å². The molecule has 132 valence electrons. The average Bonchev–Trinajstić information content (AvgIpc) is 3.22. The van der Waals surface area contributed by atoms with Gasteiger partial charge in [0.15, 0.2) is 0 Å². The first-order chi connectivity index (χ1) is 10.8. The molecule has 0 bridgehead atoms. The molecule has 23 heavy (non-hydrogen) atoms. The van der Waals surface area contributed by atoms with Crippen LogP contribution in [0.3, 0.4) is 0 Å². The number of methoxy groups -OCH3 is 1. The maximum atomic E-state index is 12.6. The van der Waals surface area contributed by atoms with Crippen LogP contribution in [0.15, 0.2) is 0 Å². The summed E-state index contributed by atoms with van der Waals surface area (Å²) in [5.74, 6) is 0.926. The lowest BCUT2D eigenvalue weighted by Gasteiger charge is -2.61. The second kappa shape index (κ2) is 5.92. The Morgan fingerprint density at radius 3 is 2.57 bits per heavy atom. The molecule has 3 atom stereocenters. The number of carbonyl (C=O) groups excluding carboxylic acids is 1. The lowest BCUT2D eigenvalue weighted by Crippen LogP contribution is -2.69. The molecule has 1 aliphatic heterocycles. The molecule has 5 nitrogen and oxygen atoms in total. The van der Waals surface area contributed by atoms with E-state index in [0.717, 1.165) is 31.8 Å². The summed E-state index contributed by atoms with van der Waals surface area (Å²) in [7, 11) is 3.69. The Hall–Kier alpha value is -0.810. The van der Waals surface area contributed by atoms with Crippen molar-refractivity contribution in [3.63, 3.8) is 0 Å². The highest BCUT2D eigenvalue weighted by Gasteiger charge is 2.59. The van der Waals surface area contributed by atoms with Crippen LogP contribution in [-0.4, -0.2) is 67.3 Å². The van der Waals surface area contributed by atoms with Gasteiger partial charge < -0.3 is 19.9 Å². The molecule has 2 saturated carbocycles. The zero-order valence-corrected chi connectivity index (χ0v) is 15.4. The quantitative estimate of drug-likeness (QED) is 0.844. The summed E-state index contributed by atoms with van der Waals surface area (Å²) in [5.41, 5.74) is -0.165. The smallest absolute Gasteiger partial charge is 0.317 e. The van der Waals surface area contributed by atoms with Gasteiger partial charge in [-0.1, -0.05) is 13.8 Å². The molecule has 3 aliphatic rings. The Kier molecular flexibility index (Phi) is 4.38. The summed E-state index contributed by atoms with van der Waals surface area (Å²) in [6.07, 6.45) is 4.77. The molecule has 1 heterocycles. The van der Waals surface area contributed by atoms with Crippen molar-refractivity contribution in [1.29, 1.82) is 0 Å². The highest BCUT2D eigenvalue weighted by Crippen LogP contribution is 2.53. The molecule has 2 amide bonds. The van der Waals surface area contributed by atoms with Gasteiger partial charge in [-0.05, 0) is 38.5 Å². The number of hydrogen-bond acceptors (Lipinski definition) is 3. The van der Waals surface area contributed by atoms with E-state index in [0.29, 0.717) is 6.04 Å². The number of rotatable bonds is 5. The zero-order valence-electron chi connectivity index (χ0n) is 15.4. The summed E-state index contributed by atoms with van der Waals surface area (Å²) in [5, 5.41) is 3.24. The van der Waals surface area contributed by atoms with Gasteiger partial charge in [0, 0.05) is 51.3 Å². The van der Waals surface area contributed by atoms with Crippen molar-refractivity contribution in [3.8, 4) is 0 Å². The van der Waals surface area contributed by atoms with E-state index in [1.807, 2.05) is 11.9 Å². The third kappa shape index (κ3) is 3.10. The summed E-state index contributed by atoms with van der Waals surface area (Å²) in [6.45, 7) is 9.90. The zero-order chi connectivity index (χ0) is 16.8. The monoisotopic (exact) mass is 323 g/mol. The van der Waals surface area contributed by atoms with E-state index in [-0.39, 0.29) is 23.1 Å². The van der Waals surface area contributed by atoms with Crippen LogP contribution in [0.2, 0.25) is 0 Å². The first-order valence-electron chi connectivity index (χ1n) is 9.07. The molecule has 0 aromatic heterocycles. The minimum absolute atomic E-state index is 0.0263. The van der Waals surface area contributed by atoms with Crippen LogP contribution in [0.1, 0.15) is 46.5 Å². The normalized spacial score (nSPS) is 36.6. The number of amides is 2. The summed E-state index contributed by atoms with van der Waals surface area (Å²) >= 11 is 0.